The maximum Gasteiger partial charge on any atom is 0.194 e. The summed E-state index contributed by atoms with van der Waals surface area (Å²) in [7, 11) is -3.23. The molecule has 0 aliphatic carbocycles. The first kappa shape index (κ1) is 25.5. The Labute approximate surface area is 202 Å². The first-order valence-corrected chi connectivity index (χ1v) is 12.4. The average molecular weight is 571 g/mol. The van der Waals surface area contributed by atoms with Gasteiger partial charge in [0, 0.05) is 62.9 Å². The lowest BCUT2D eigenvalue weighted by atomic mass is 9.99. The van der Waals surface area contributed by atoms with Crippen LogP contribution in [0.1, 0.15) is 19.8 Å². The number of guanidine groups is 1. The lowest BCUT2D eigenvalue weighted by Gasteiger charge is -2.38. The van der Waals surface area contributed by atoms with Crippen LogP contribution >= 0.6 is 35.6 Å². The quantitative estimate of drug-likeness (QED) is 0.333. The van der Waals surface area contributed by atoms with Crippen molar-refractivity contribution >= 4 is 57.1 Å². The summed E-state index contributed by atoms with van der Waals surface area (Å²) >= 11 is 6.13. The molecular weight excluding hydrogens is 539 g/mol. The summed E-state index contributed by atoms with van der Waals surface area (Å²) in [5.74, 6) is 0.785. The maximum atomic E-state index is 12.5. The van der Waals surface area contributed by atoms with Gasteiger partial charge >= 0.3 is 0 Å². The minimum Gasteiger partial charge on any atom is -0.381 e. The molecule has 30 heavy (non-hydrogen) atoms. The Morgan fingerprint density at radius 3 is 2.47 bits per heavy atom. The van der Waals surface area contributed by atoms with Crippen LogP contribution in [0, 0.1) is 0 Å². The summed E-state index contributed by atoms with van der Waals surface area (Å²) in [4.78, 5) is 9.28. The second kappa shape index (κ2) is 11.2. The molecule has 7 nitrogen and oxygen atoms in total. The van der Waals surface area contributed by atoms with Gasteiger partial charge in [-0.05, 0) is 38.0 Å². The third-order valence-electron chi connectivity index (χ3n) is 5.80. The van der Waals surface area contributed by atoms with Crippen molar-refractivity contribution in [3.63, 3.8) is 0 Å². The van der Waals surface area contributed by atoms with Gasteiger partial charge in [0.25, 0.3) is 0 Å². The van der Waals surface area contributed by atoms with Gasteiger partial charge in [-0.2, -0.15) is 0 Å². The maximum absolute atomic E-state index is 12.5. The van der Waals surface area contributed by atoms with E-state index in [4.69, 9.17) is 21.3 Å². The zero-order chi connectivity index (χ0) is 20.9. The molecule has 0 atom stereocenters. The van der Waals surface area contributed by atoms with Crippen molar-refractivity contribution < 1.29 is 13.2 Å². The van der Waals surface area contributed by atoms with E-state index in [1.807, 2.05) is 25.1 Å². The molecule has 0 spiro atoms. The van der Waals surface area contributed by atoms with Crippen LogP contribution in [0.15, 0.2) is 29.3 Å². The molecule has 2 aliphatic heterocycles. The highest BCUT2D eigenvalue weighted by molar-refractivity contribution is 14.0. The van der Waals surface area contributed by atoms with Crippen LogP contribution in [-0.2, 0) is 14.6 Å². The molecule has 0 amide bonds. The molecule has 1 aromatic carbocycles. The lowest BCUT2D eigenvalue weighted by Crippen LogP contribution is -2.53. The molecule has 2 heterocycles. The smallest absolute Gasteiger partial charge is 0.194 e. The topological polar surface area (TPSA) is 74.2 Å². The van der Waals surface area contributed by atoms with Crippen LogP contribution in [0.5, 0.6) is 0 Å². The van der Waals surface area contributed by atoms with Gasteiger partial charge < -0.3 is 19.9 Å². The van der Waals surface area contributed by atoms with Gasteiger partial charge in [-0.25, -0.2) is 8.42 Å². The molecule has 10 heteroatoms. The Balaban J connectivity index is 0.00000320. The molecule has 0 bridgehead atoms. The summed E-state index contributed by atoms with van der Waals surface area (Å²) < 4.78 is 29.6. The zero-order valence-corrected chi connectivity index (χ0v) is 21.5. The minimum absolute atomic E-state index is 0. The predicted octanol–water partition coefficient (Wildman–Crippen LogP) is 2.64. The molecular formula is C20H32ClIN4O3S. The van der Waals surface area contributed by atoms with E-state index in [-0.39, 0.29) is 30.5 Å². The molecule has 0 radical (unpaired) electrons. The molecule has 2 saturated heterocycles. The van der Waals surface area contributed by atoms with Gasteiger partial charge in [-0.1, -0.05) is 17.7 Å². The standard InChI is InChI=1S/C20H31ClN4O3S.HI/c1-3-22-19(23-16-20(29(2,26)27)7-13-28-14-8-20)25-11-9-24(10-12-25)18-6-4-5-17(21)15-18;/h4-6,15H,3,7-14,16H2,1-2H3,(H,22,23);1H. The first-order chi connectivity index (χ1) is 13.8. The second-order valence-electron chi connectivity index (χ2n) is 7.69. The van der Waals surface area contributed by atoms with Crippen LogP contribution in [-0.4, -0.2) is 82.8 Å². The van der Waals surface area contributed by atoms with E-state index in [9.17, 15) is 8.42 Å². The number of hydrogen-bond acceptors (Lipinski definition) is 5. The fraction of sp³-hybridized carbons (Fsp3) is 0.650. The number of nitrogens with one attached hydrogen (secondary N) is 1. The van der Waals surface area contributed by atoms with Crippen molar-refractivity contribution in [1.82, 2.24) is 10.2 Å². The van der Waals surface area contributed by atoms with E-state index in [1.54, 1.807) is 0 Å². The number of anilines is 1. The van der Waals surface area contributed by atoms with E-state index in [0.29, 0.717) is 26.1 Å². The number of rotatable bonds is 5. The van der Waals surface area contributed by atoms with E-state index in [1.165, 1.54) is 6.26 Å². The fourth-order valence-corrected chi connectivity index (χ4v) is 5.28. The van der Waals surface area contributed by atoms with E-state index >= 15 is 0 Å². The highest BCUT2D eigenvalue weighted by Gasteiger charge is 2.42. The highest BCUT2D eigenvalue weighted by Crippen LogP contribution is 2.30. The number of halogens is 2. The Kier molecular flexibility index (Phi) is 9.51. The molecule has 3 rings (SSSR count). The van der Waals surface area contributed by atoms with Crippen molar-refractivity contribution in [2.24, 2.45) is 4.99 Å². The molecule has 1 N–H and O–H groups in total. The molecule has 2 aliphatic rings. The van der Waals surface area contributed by atoms with Gasteiger partial charge in [0.05, 0.1) is 11.3 Å². The SMILES string of the molecule is CCNC(=NCC1(S(C)(=O)=O)CCOCC1)N1CCN(c2cccc(Cl)c2)CC1.I. The van der Waals surface area contributed by atoms with Crippen LogP contribution in [0.3, 0.4) is 0 Å². The Bertz CT molecular complexity index is 823. The van der Waals surface area contributed by atoms with Gasteiger partial charge in [0.1, 0.15) is 0 Å². The predicted molar refractivity (Wildman–Crippen MR) is 134 cm³/mol. The average Bonchev–Trinajstić information content (AvgIpc) is 2.71. The van der Waals surface area contributed by atoms with Gasteiger partial charge in [-0.3, -0.25) is 4.99 Å². The minimum atomic E-state index is -3.23. The largest absolute Gasteiger partial charge is 0.381 e. The molecule has 0 unspecified atom stereocenters. The van der Waals surface area contributed by atoms with E-state index in [0.717, 1.165) is 49.4 Å². The number of hydrogen-bond donors (Lipinski definition) is 1. The van der Waals surface area contributed by atoms with E-state index in [2.05, 4.69) is 21.2 Å². The van der Waals surface area contributed by atoms with Crippen molar-refractivity contribution in [2.45, 2.75) is 24.5 Å². The summed E-state index contributed by atoms with van der Waals surface area (Å²) in [5.41, 5.74) is 1.12. The molecule has 2 fully saturated rings. The normalized spacial score (nSPS) is 19.9. The summed E-state index contributed by atoms with van der Waals surface area (Å²) in [6, 6.07) is 7.90. The number of sulfone groups is 1. The Morgan fingerprint density at radius 2 is 1.90 bits per heavy atom. The Morgan fingerprint density at radius 1 is 1.23 bits per heavy atom. The zero-order valence-electron chi connectivity index (χ0n) is 17.6. The second-order valence-corrected chi connectivity index (χ2v) is 10.5. The Hall–Kier alpha value is -0.780. The lowest BCUT2D eigenvalue weighted by molar-refractivity contribution is 0.0767. The third kappa shape index (κ3) is 6.14. The number of nitrogens with zero attached hydrogens (tertiary/aromatic N) is 3. The van der Waals surface area contributed by atoms with Crippen LogP contribution in [0.2, 0.25) is 5.02 Å². The number of piperazine rings is 1. The van der Waals surface area contributed by atoms with Crippen molar-refractivity contribution in [1.29, 1.82) is 0 Å². The van der Waals surface area contributed by atoms with Crippen LogP contribution in [0.4, 0.5) is 5.69 Å². The first-order valence-electron chi connectivity index (χ1n) is 10.2. The number of benzene rings is 1. The van der Waals surface area contributed by atoms with Gasteiger partial charge in [0.15, 0.2) is 15.8 Å². The third-order valence-corrected chi connectivity index (χ3v) is 8.14. The highest BCUT2D eigenvalue weighted by atomic mass is 127. The van der Waals surface area contributed by atoms with Gasteiger partial charge in [0.2, 0.25) is 0 Å². The molecule has 0 saturated carbocycles. The fourth-order valence-electron chi connectivity index (χ4n) is 3.88. The summed E-state index contributed by atoms with van der Waals surface area (Å²) in [5, 5.41) is 4.07. The summed E-state index contributed by atoms with van der Waals surface area (Å²) in [6.45, 7) is 7.31. The number of ether oxygens (including phenoxy) is 1. The van der Waals surface area contributed by atoms with Crippen molar-refractivity contribution in [3.05, 3.63) is 29.3 Å². The van der Waals surface area contributed by atoms with Crippen LogP contribution in [0.25, 0.3) is 0 Å². The summed E-state index contributed by atoms with van der Waals surface area (Å²) in [6.07, 6.45) is 2.32. The molecule has 1 aromatic rings. The van der Waals surface area contributed by atoms with Crippen molar-refractivity contribution in [3.8, 4) is 0 Å². The van der Waals surface area contributed by atoms with E-state index < -0.39 is 14.6 Å². The van der Waals surface area contributed by atoms with Crippen molar-refractivity contribution in [2.75, 3.05) is 63.6 Å². The van der Waals surface area contributed by atoms with Crippen LogP contribution < -0.4 is 10.2 Å². The molecule has 0 aromatic heterocycles. The number of aliphatic imine (C=N–C) groups is 1. The molecule has 170 valence electrons. The monoisotopic (exact) mass is 570 g/mol. The van der Waals surface area contributed by atoms with Gasteiger partial charge in [-0.15, -0.1) is 24.0 Å².